The van der Waals surface area contributed by atoms with E-state index in [9.17, 15) is 5.11 Å². The average Bonchev–Trinajstić information content (AvgIpc) is 2.18. The van der Waals surface area contributed by atoms with Gasteiger partial charge in [-0.3, -0.25) is 0 Å². The topological polar surface area (TPSA) is 46.2 Å². The molecule has 0 radical (unpaired) electrons. The van der Waals surface area contributed by atoms with Crippen LogP contribution in [-0.2, 0) is 5.54 Å². The van der Waals surface area contributed by atoms with Crippen molar-refractivity contribution in [3.63, 3.8) is 0 Å². The van der Waals surface area contributed by atoms with E-state index in [2.05, 4.69) is 15.9 Å². The van der Waals surface area contributed by atoms with Crippen molar-refractivity contribution in [3.05, 3.63) is 28.2 Å². The summed E-state index contributed by atoms with van der Waals surface area (Å²) in [6, 6.07) is 5.48. The molecule has 1 aliphatic carbocycles. The van der Waals surface area contributed by atoms with Gasteiger partial charge in [-0.05, 0) is 25.0 Å². The van der Waals surface area contributed by atoms with E-state index in [1.807, 2.05) is 12.1 Å². The van der Waals surface area contributed by atoms with Gasteiger partial charge in [-0.1, -0.05) is 41.3 Å². The number of phenolic OH excluding ortho intramolecular Hbond substituents is 1. The van der Waals surface area contributed by atoms with Crippen molar-refractivity contribution in [2.24, 2.45) is 5.73 Å². The largest absolute Gasteiger partial charge is 0.508 e. The van der Waals surface area contributed by atoms with Crippen LogP contribution in [0.2, 0.25) is 0 Å². The van der Waals surface area contributed by atoms with Crippen molar-refractivity contribution in [2.75, 3.05) is 0 Å². The molecule has 2 nitrogen and oxygen atoms in total. The number of benzene rings is 1. The van der Waals surface area contributed by atoms with Gasteiger partial charge in [0.1, 0.15) is 5.75 Å². The highest BCUT2D eigenvalue weighted by Crippen LogP contribution is 2.42. The first-order valence-corrected chi connectivity index (χ1v) is 6.20. The van der Waals surface area contributed by atoms with E-state index in [0.717, 1.165) is 35.7 Å². The van der Waals surface area contributed by atoms with Crippen LogP contribution in [-0.4, -0.2) is 5.11 Å². The first-order valence-electron chi connectivity index (χ1n) is 5.40. The lowest BCUT2D eigenvalue weighted by atomic mass is 9.77. The molecule has 82 valence electrons. The lowest BCUT2D eigenvalue weighted by molar-refractivity contribution is 0.291. The zero-order chi connectivity index (χ0) is 10.9. The monoisotopic (exact) mass is 269 g/mol. The quantitative estimate of drug-likeness (QED) is 0.822. The van der Waals surface area contributed by atoms with E-state index in [-0.39, 0.29) is 5.54 Å². The fraction of sp³-hybridized carbons (Fsp3) is 0.500. The molecule has 0 aliphatic heterocycles. The molecule has 0 amide bonds. The SMILES string of the molecule is NC1(c2c(O)cccc2Br)CCCCC1. The van der Waals surface area contributed by atoms with E-state index < -0.39 is 0 Å². The molecule has 0 aromatic heterocycles. The summed E-state index contributed by atoms with van der Waals surface area (Å²) in [6.45, 7) is 0. The zero-order valence-corrected chi connectivity index (χ0v) is 10.3. The number of aromatic hydroxyl groups is 1. The molecule has 1 saturated carbocycles. The molecular formula is C12H16BrNO. The van der Waals surface area contributed by atoms with E-state index in [1.54, 1.807) is 6.07 Å². The number of halogens is 1. The smallest absolute Gasteiger partial charge is 0.121 e. The molecule has 3 heteroatoms. The van der Waals surface area contributed by atoms with Gasteiger partial charge in [0.2, 0.25) is 0 Å². The van der Waals surface area contributed by atoms with Gasteiger partial charge in [0.25, 0.3) is 0 Å². The van der Waals surface area contributed by atoms with Crippen LogP contribution < -0.4 is 5.73 Å². The van der Waals surface area contributed by atoms with Gasteiger partial charge in [-0.15, -0.1) is 0 Å². The van der Waals surface area contributed by atoms with Gasteiger partial charge in [-0.25, -0.2) is 0 Å². The second-order valence-electron chi connectivity index (χ2n) is 4.35. The summed E-state index contributed by atoms with van der Waals surface area (Å²) >= 11 is 3.48. The highest BCUT2D eigenvalue weighted by molar-refractivity contribution is 9.10. The number of hydrogen-bond donors (Lipinski definition) is 2. The highest BCUT2D eigenvalue weighted by atomic mass is 79.9. The minimum atomic E-state index is -0.345. The summed E-state index contributed by atoms with van der Waals surface area (Å²) in [5.41, 5.74) is 6.93. The first-order chi connectivity index (χ1) is 7.13. The molecule has 15 heavy (non-hydrogen) atoms. The fourth-order valence-electron chi connectivity index (χ4n) is 2.44. The Balaban J connectivity index is 2.42. The summed E-state index contributed by atoms with van der Waals surface area (Å²) in [6.07, 6.45) is 5.48. The van der Waals surface area contributed by atoms with Gasteiger partial charge in [-0.2, -0.15) is 0 Å². The number of phenols is 1. The molecule has 0 unspecified atom stereocenters. The Labute approximate surface area is 98.6 Å². The van der Waals surface area contributed by atoms with E-state index in [0.29, 0.717) is 5.75 Å². The molecule has 1 aliphatic rings. The Hall–Kier alpha value is -0.540. The Morgan fingerprint density at radius 1 is 1.20 bits per heavy atom. The van der Waals surface area contributed by atoms with Gasteiger partial charge in [0.05, 0.1) is 0 Å². The maximum atomic E-state index is 9.90. The summed E-state index contributed by atoms with van der Waals surface area (Å²) in [4.78, 5) is 0. The van der Waals surface area contributed by atoms with Crippen molar-refractivity contribution in [1.29, 1.82) is 0 Å². The maximum Gasteiger partial charge on any atom is 0.121 e. The summed E-state index contributed by atoms with van der Waals surface area (Å²) in [5, 5.41) is 9.90. The van der Waals surface area contributed by atoms with Crippen molar-refractivity contribution >= 4 is 15.9 Å². The number of hydrogen-bond acceptors (Lipinski definition) is 2. The first kappa shape index (κ1) is 11.0. The van der Waals surface area contributed by atoms with Crippen molar-refractivity contribution < 1.29 is 5.11 Å². The molecule has 1 fully saturated rings. The van der Waals surface area contributed by atoms with Crippen LogP contribution in [0.25, 0.3) is 0 Å². The molecule has 0 saturated heterocycles. The van der Waals surface area contributed by atoms with Gasteiger partial charge in [0, 0.05) is 15.6 Å². The fourth-order valence-corrected chi connectivity index (χ4v) is 3.19. The van der Waals surface area contributed by atoms with Gasteiger partial charge < -0.3 is 10.8 Å². The van der Waals surface area contributed by atoms with Gasteiger partial charge >= 0.3 is 0 Å². The summed E-state index contributed by atoms with van der Waals surface area (Å²) in [7, 11) is 0. The van der Waals surface area contributed by atoms with Crippen molar-refractivity contribution in [2.45, 2.75) is 37.6 Å². The standard InChI is InChI=1S/C12H16BrNO/c13-9-5-4-6-10(15)11(9)12(14)7-2-1-3-8-12/h4-6,15H,1-3,7-8,14H2. The minimum absolute atomic E-state index is 0.314. The van der Waals surface area contributed by atoms with Crippen LogP contribution >= 0.6 is 15.9 Å². The molecule has 0 spiro atoms. The molecule has 2 rings (SSSR count). The van der Waals surface area contributed by atoms with Crippen LogP contribution in [0.3, 0.4) is 0 Å². The minimum Gasteiger partial charge on any atom is -0.508 e. The van der Waals surface area contributed by atoms with Crippen LogP contribution in [0.15, 0.2) is 22.7 Å². The summed E-state index contributed by atoms with van der Waals surface area (Å²) < 4.78 is 0.923. The lowest BCUT2D eigenvalue weighted by Gasteiger charge is -2.35. The third-order valence-electron chi connectivity index (χ3n) is 3.24. The Kier molecular flexibility index (Phi) is 3.03. The molecule has 3 N–H and O–H groups in total. The Bertz CT molecular complexity index is 338. The second kappa shape index (κ2) is 4.14. The Morgan fingerprint density at radius 2 is 1.87 bits per heavy atom. The van der Waals surface area contributed by atoms with E-state index in [1.165, 1.54) is 6.42 Å². The van der Waals surface area contributed by atoms with Crippen molar-refractivity contribution in [1.82, 2.24) is 0 Å². The third kappa shape index (κ3) is 2.04. The predicted molar refractivity (Wildman–Crippen MR) is 64.8 cm³/mol. The van der Waals surface area contributed by atoms with Crippen LogP contribution in [0.5, 0.6) is 5.75 Å². The predicted octanol–water partition coefficient (Wildman–Crippen LogP) is 3.27. The molecule has 1 aromatic rings. The summed E-state index contributed by atoms with van der Waals surface area (Å²) in [5.74, 6) is 0.314. The van der Waals surface area contributed by atoms with Crippen LogP contribution in [0, 0.1) is 0 Å². The average molecular weight is 270 g/mol. The van der Waals surface area contributed by atoms with Crippen LogP contribution in [0.4, 0.5) is 0 Å². The normalized spacial score (nSPS) is 20.1. The Morgan fingerprint density at radius 3 is 2.47 bits per heavy atom. The van der Waals surface area contributed by atoms with Gasteiger partial charge in [0.15, 0.2) is 0 Å². The van der Waals surface area contributed by atoms with Crippen LogP contribution in [0.1, 0.15) is 37.7 Å². The van der Waals surface area contributed by atoms with E-state index >= 15 is 0 Å². The number of rotatable bonds is 1. The second-order valence-corrected chi connectivity index (χ2v) is 5.21. The highest BCUT2D eigenvalue weighted by Gasteiger charge is 2.33. The molecule has 1 aromatic carbocycles. The zero-order valence-electron chi connectivity index (χ0n) is 8.67. The van der Waals surface area contributed by atoms with E-state index in [4.69, 9.17) is 5.73 Å². The molecule has 0 heterocycles. The molecule has 0 atom stereocenters. The van der Waals surface area contributed by atoms with Crippen molar-refractivity contribution in [3.8, 4) is 5.75 Å². The lowest BCUT2D eigenvalue weighted by Crippen LogP contribution is -2.38. The number of nitrogens with two attached hydrogens (primary N) is 1. The third-order valence-corrected chi connectivity index (χ3v) is 3.90. The molecule has 0 bridgehead atoms. The molecular weight excluding hydrogens is 254 g/mol. The maximum absolute atomic E-state index is 9.90.